The first-order chi connectivity index (χ1) is 2.00. The molecule has 5 heavy (non-hydrogen) atoms. The van der Waals surface area contributed by atoms with Crippen LogP contribution in [0.15, 0.2) is 0 Å². The van der Waals surface area contributed by atoms with Gasteiger partial charge in [0.2, 0.25) is 0 Å². The van der Waals surface area contributed by atoms with Crippen molar-refractivity contribution in [2.45, 2.75) is 0 Å². The van der Waals surface area contributed by atoms with Crippen molar-refractivity contribution in [1.29, 1.82) is 0 Å². The van der Waals surface area contributed by atoms with Crippen molar-refractivity contribution in [2.75, 3.05) is 14.2 Å². The van der Waals surface area contributed by atoms with E-state index in [1.165, 1.54) is 0 Å². The summed E-state index contributed by atoms with van der Waals surface area (Å²) < 4.78 is 0. The molecule has 0 amide bonds. The van der Waals surface area contributed by atoms with Crippen LogP contribution in [0, 0.1) is 0 Å². The van der Waals surface area contributed by atoms with Gasteiger partial charge >= 0.3 is 0 Å². The molecule has 0 atom stereocenters. The van der Waals surface area contributed by atoms with Gasteiger partial charge in [-0.1, -0.05) is 0 Å². The number of aliphatic hydroxyl groups is 2. The zero-order chi connectivity index (χ0) is 4.00. The molecule has 32 valence electrons. The number of aliphatic hydroxyl groups excluding tert-OH is 2. The van der Waals surface area contributed by atoms with Crippen LogP contribution in [0.3, 0.4) is 0 Å². The summed E-state index contributed by atoms with van der Waals surface area (Å²) in [5, 5.41) is 14.0. The molecule has 0 aromatic heterocycles. The van der Waals surface area contributed by atoms with Crippen LogP contribution >= 0.6 is 0 Å². The Morgan fingerprint density at radius 1 is 0.800 bits per heavy atom. The van der Waals surface area contributed by atoms with Crippen LogP contribution in [0.1, 0.15) is 0 Å². The molecule has 0 heterocycles. The number of hydrogen-bond acceptors (Lipinski definition) is 2. The molecule has 0 aliphatic heterocycles. The van der Waals surface area contributed by atoms with E-state index < -0.39 is 0 Å². The Kier molecular flexibility index (Phi) is 435. The van der Waals surface area contributed by atoms with Crippen molar-refractivity contribution in [3.05, 3.63) is 0 Å². The van der Waals surface area contributed by atoms with Crippen LogP contribution in [0.2, 0.25) is 0 Å². The van der Waals surface area contributed by atoms with E-state index in [2.05, 4.69) is 0 Å². The van der Waals surface area contributed by atoms with E-state index in [0.29, 0.717) is 0 Å². The third-order valence-electron chi connectivity index (χ3n) is 0. The zero-order valence-corrected chi connectivity index (χ0v) is 6.25. The molecule has 0 aliphatic carbocycles. The average Bonchev–Trinajstić information content (AvgIpc) is 1.50. The van der Waals surface area contributed by atoms with Gasteiger partial charge in [0, 0.05) is 38.1 Å². The quantitative estimate of drug-likeness (QED) is 0.464. The predicted octanol–water partition coefficient (Wildman–Crippen LogP) is -1.16. The molecule has 0 fully saturated rings. The molecular formula is C2H8O2Sn. The van der Waals surface area contributed by atoms with Gasteiger partial charge in [0.1, 0.15) is 0 Å². The van der Waals surface area contributed by atoms with Gasteiger partial charge < -0.3 is 10.2 Å². The minimum absolute atomic E-state index is 0. The smallest absolute Gasteiger partial charge is 0.0319 e. The standard InChI is InChI=1S/2CH4O.Sn/c2*1-2;/h2*2H,1H3;. The Bertz CT molecular complexity index is 7.61. The van der Waals surface area contributed by atoms with Crippen LogP contribution in [0.25, 0.3) is 0 Å². The molecule has 0 rings (SSSR count). The molecule has 4 radical (unpaired) electrons. The van der Waals surface area contributed by atoms with Crippen molar-refractivity contribution < 1.29 is 10.2 Å². The third-order valence-corrected chi connectivity index (χ3v) is 0. The van der Waals surface area contributed by atoms with E-state index in [1.54, 1.807) is 0 Å². The molecule has 0 saturated carbocycles. The van der Waals surface area contributed by atoms with Crippen LogP contribution in [-0.4, -0.2) is 48.3 Å². The first-order valence-corrected chi connectivity index (χ1v) is 0.894. The zero-order valence-electron chi connectivity index (χ0n) is 3.39. The molecule has 0 aromatic carbocycles. The maximum absolute atomic E-state index is 7.00. The molecule has 0 bridgehead atoms. The molecule has 2 N–H and O–H groups in total. The summed E-state index contributed by atoms with van der Waals surface area (Å²) >= 11 is 0. The first kappa shape index (κ1) is 17.2. The van der Waals surface area contributed by atoms with Crippen molar-refractivity contribution >= 4 is 23.9 Å². The minimum Gasteiger partial charge on any atom is -0.400 e. The van der Waals surface area contributed by atoms with Gasteiger partial charge in [-0.25, -0.2) is 0 Å². The molecule has 0 spiro atoms. The Morgan fingerprint density at radius 3 is 0.800 bits per heavy atom. The molecule has 0 aromatic rings. The summed E-state index contributed by atoms with van der Waals surface area (Å²) in [5.74, 6) is 0. The van der Waals surface area contributed by atoms with Crippen molar-refractivity contribution in [2.24, 2.45) is 0 Å². The molecule has 3 heteroatoms. The fourth-order valence-electron chi connectivity index (χ4n) is 0. The Balaban J connectivity index is -0.0000000133. The first-order valence-electron chi connectivity index (χ1n) is 0.894. The van der Waals surface area contributed by atoms with Gasteiger partial charge in [-0.3, -0.25) is 0 Å². The van der Waals surface area contributed by atoms with E-state index in [4.69, 9.17) is 10.2 Å². The predicted molar refractivity (Wildman–Crippen MR) is 22.0 cm³/mol. The van der Waals surface area contributed by atoms with Gasteiger partial charge in [0.25, 0.3) is 0 Å². The van der Waals surface area contributed by atoms with Crippen molar-refractivity contribution in [3.8, 4) is 0 Å². The molecule has 0 aliphatic rings. The normalized spacial score (nSPS) is 2.40. The number of rotatable bonds is 0. The van der Waals surface area contributed by atoms with Gasteiger partial charge in [-0.2, -0.15) is 0 Å². The second-order valence-corrected chi connectivity index (χ2v) is 0. The van der Waals surface area contributed by atoms with Gasteiger partial charge in [0.05, 0.1) is 0 Å². The number of hydrogen-bond donors (Lipinski definition) is 2. The molecule has 0 saturated heterocycles. The molecule has 2 nitrogen and oxygen atoms in total. The maximum atomic E-state index is 7.00. The summed E-state index contributed by atoms with van der Waals surface area (Å²) in [4.78, 5) is 0. The second kappa shape index (κ2) is 126. The topological polar surface area (TPSA) is 40.5 Å². The fourth-order valence-corrected chi connectivity index (χ4v) is 0. The van der Waals surface area contributed by atoms with E-state index in [1.807, 2.05) is 0 Å². The minimum atomic E-state index is 0. The summed E-state index contributed by atoms with van der Waals surface area (Å²) in [7, 11) is 2.00. The summed E-state index contributed by atoms with van der Waals surface area (Å²) in [6, 6.07) is 0. The molecule has 0 unspecified atom stereocenters. The van der Waals surface area contributed by atoms with Gasteiger partial charge in [-0.15, -0.1) is 0 Å². The maximum Gasteiger partial charge on any atom is 0.0319 e. The van der Waals surface area contributed by atoms with Gasteiger partial charge in [-0.05, 0) is 0 Å². The SMILES string of the molecule is CO.CO.[Sn]. The summed E-state index contributed by atoms with van der Waals surface area (Å²) in [6.07, 6.45) is 0. The van der Waals surface area contributed by atoms with E-state index in [-0.39, 0.29) is 23.9 Å². The van der Waals surface area contributed by atoms with Crippen LogP contribution < -0.4 is 0 Å². The molecular weight excluding hydrogens is 175 g/mol. The Morgan fingerprint density at radius 2 is 0.800 bits per heavy atom. The Hall–Kier alpha value is 0.719. The monoisotopic (exact) mass is 184 g/mol. The Labute approximate surface area is 48.8 Å². The van der Waals surface area contributed by atoms with E-state index in [0.717, 1.165) is 14.2 Å². The third kappa shape index (κ3) is 67.5. The average molecular weight is 183 g/mol. The van der Waals surface area contributed by atoms with E-state index in [9.17, 15) is 0 Å². The van der Waals surface area contributed by atoms with Gasteiger partial charge in [0.15, 0.2) is 0 Å². The van der Waals surface area contributed by atoms with Crippen molar-refractivity contribution in [1.82, 2.24) is 0 Å². The largest absolute Gasteiger partial charge is 0.400 e. The van der Waals surface area contributed by atoms with Crippen LogP contribution in [-0.2, 0) is 0 Å². The van der Waals surface area contributed by atoms with E-state index >= 15 is 0 Å². The fraction of sp³-hybridized carbons (Fsp3) is 1.00. The summed E-state index contributed by atoms with van der Waals surface area (Å²) in [5.41, 5.74) is 0. The summed E-state index contributed by atoms with van der Waals surface area (Å²) in [6.45, 7) is 0. The van der Waals surface area contributed by atoms with Crippen molar-refractivity contribution in [3.63, 3.8) is 0 Å². The second-order valence-electron chi connectivity index (χ2n) is 0. The van der Waals surface area contributed by atoms with Crippen LogP contribution in [0.5, 0.6) is 0 Å². The van der Waals surface area contributed by atoms with Crippen LogP contribution in [0.4, 0.5) is 0 Å².